The summed E-state index contributed by atoms with van der Waals surface area (Å²) in [4.78, 5) is 36.8. The minimum atomic E-state index is -0.245. The zero-order valence-electron chi connectivity index (χ0n) is 21.2. The van der Waals surface area contributed by atoms with Crippen LogP contribution in [0.25, 0.3) is 11.3 Å². The molecule has 2 N–H and O–H groups in total. The highest BCUT2D eigenvalue weighted by Gasteiger charge is 2.40. The maximum Gasteiger partial charge on any atom is 0.254 e. The SMILES string of the molecule is CC(=O)N[C@@H]1c2ccccc2CCC1N1Cc2ccc(-c3nc(NC4CCOCC4)ncc3Cl)cc2C1=O. The lowest BCUT2D eigenvalue weighted by molar-refractivity contribution is -0.120. The molecule has 1 aliphatic carbocycles. The van der Waals surface area contributed by atoms with Crippen molar-refractivity contribution in [3.8, 4) is 11.3 Å². The lowest BCUT2D eigenvalue weighted by Crippen LogP contribution is -2.48. The molecule has 1 fully saturated rings. The van der Waals surface area contributed by atoms with Gasteiger partial charge >= 0.3 is 0 Å². The van der Waals surface area contributed by atoms with E-state index in [1.807, 2.05) is 35.2 Å². The van der Waals surface area contributed by atoms with Crippen molar-refractivity contribution in [2.24, 2.45) is 0 Å². The van der Waals surface area contributed by atoms with Crippen LogP contribution in [0.5, 0.6) is 0 Å². The predicted molar refractivity (Wildman–Crippen MR) is 145 cm³/mol. The van der Waals surface area contributed by atoms with Gasteiger partial charge in [0.25, 0.3) is 5.91 Å². The number of benzene rings is 2. The summed E-state index contributed by atoms with van der Waals surface area (Å²) in [7, 11) is 0. The molecule has 2 aliphatic heterocycles. The highest BCUT2D eigenvalue weighted by atomic mass is 35.5. The lowest BCUT2D eigenvalue weighted by Gasteiger charge is -2.39. The number of carbonyl (C=O) groups excluding carboxylic acids is 2. The van der Waals surface area contributed by atoms with Crippen LogP contribution >= 0.6 is 11.6 Å². The van der Waals surface area contributed by atoms with E-state index in [0.29, 0.717) is 28.8 Å². The second kappa shape index (κ2) is 10.3. The van der Waals surface area contributed by atoms with Gasteiger partial charge < -0.3 is 20.3 Å². The first-order valence-electron chi connectivity index (χ1n) is 13.1. The van der Waals surface area contributed by atoms with Gasteiger partial charge in [-0.05, 0) is 48.4 Å². The van der Waals surface area contributed by atoms with Crippen LogP contribution in [0.15, 0.2) is 48.7 Å². The van der Waals surface area contributed by atoms with E-state index in [1.54, 1.807) is 6.20 Å². The fourth-order valence-electron chi connectivity index (χ4n) is 5.87. The van der Waals surface area contributed by atoms with Gasteiger partial charge in [0.1, 0.15) is 0 Å². The van der Waals surface area contributed by atoms with E-state index in [-0.39, 0.29) is 29.9 Å². The molecule has 1 saturated heterocycles. The van der Waals surface area contributed by atoms with E-state index < -0.39 is 0 Å². The number of amides is 2. The Morgan fingerprint density at radius 3 is 2.74 bits per heavy atom. The fourth-order valence-corrected chi connectivity index (χ4v) is 6.07. The first-order valence-corrected chi connectivity index (χ1v) is 13.5. The maximum absolute atomic E-state index is 13.8. The Morgan fingerprint density at radius 2 is 1.92 bits per heavy atom. The molecular weight excluding hydrogens is 502 g/mol. The molecule has 0 spiro atoms. The Bertz CT molecular complexity index is 1390. The number of carbonyl (C=O) groups is 2. The third kappa shape index (κ3) is 4.74. The Morgan fingerprint density at radius 1 is 1.11 bits per heavy atom. The van der Waals surface area contributed by atoms with E-state index in [1.165, 1.54) is 12.5 Å². The lowest BCUT2D eigenvalue weighted by atomic mass is 9.83. The number of halogens is 1. The van der Waals surface area contributed by atoms with Crippen LogP contribution in [-0.4, -0.2) is 52.0 Å². The number of aromatic nitrogens is 2. The third-order valence-corrected chi connectivity index (χ3v) is 8.03. The molecule has 1 aromatic heterocycles. The number of nitrogens with one attached hydrogen (secondary N) is 2. The highest BCUT2D eigenvalue weighted by molar-refractivity contribution is 6.33. The Hall–Kier alpha value is -3.49. The topological polar surface area (TPSA) is 96.5 Å². The summed E-state index contributed by atoms with van der Waals surface area (Å²) in [6, 6.07) is 13.9. The molecule has 1 unspecified atom stereocenters. The van der Waals surface area contributed by atoms with Crippen molar-refractivity contribution in [3.63, 3.8) is 0 Å². The standard InChI is InChI=1S/C29H30ClN5O3/c1-17(36)32-27-22-5-3-2-4-18(22)8-9-25(27)35-16-20-7-6-19(14-23(20)28(35)37)26-24(30)15-31-29(34-26)33-21-10-12-38-13-11-21/h2-7,14-15,21,25,27H,8-13,16H2,1H3,(H,32,36)(H,31,33,34)/t25?,27-/m1/s1. The molecule has 3 heterocycles. The van der Waals surface area contributed by atoms with Crippen LogP contribution in [0, 0.1) is 0 Å². The summed E-state index contributed by atoms with van der Waals surface area (Å²) < 4.78 is 5.44. The third-order valence-electron chi connectivity index (χ3n) is 7.76. The van der Waals surface area contributed by atoms with Crippen molar-refractivity contribution in [1.82, 2.24) is 20.2 Å². The second-order valence-electron chi connectivity index (χ2n) is 10.2. The van der Waals surface area contributed by atoms with Crippen molar-refractivity contribution >= 4 is 29.4 Å². The van der Waals surface area contributed by atoms with E-state index in [4.69, 9.17) is 21.3 Å². The number of fused-ring (bicyclic) bond motifs is 2. The van der Waals surface area contributed by atoms with Crippen molar-refractivity contribution < 1.29 is 14.3 Å². The van der Waals surface area contributed by atoms with Crippen LogP contribution in [-0.2, 0) is 22.5 Å². The molecular formula is C29H30ClN5O3. The number of anilines is 1. The molecule has 2 aromatic carbocycles. The minimum absolute atomic E-state index is 0.0349. The average Bonchev–Trinajstić information content (AvgIpc) is 3.25. The van der Waals surface area contributed by atoms with Gasteiger partial charge in [-0.15, -0.1) is 0 Å². The summed E-state index contributed by atoms with van der Waals surface area (Å²) in [6.45, 7) is 3.47. The number of ether oxygens (including phenoxy) is 1. The fraction of sp³-hybridized carbons (Fsp3) is 0.379. The predicted octanol–water partition coefficient (Wildman–Crippen LogP) is 4.54. The van der Waals surface area contributed by atoms with Crippen molar-refractivity contribution in [1.29, 1.82) is 0 Å². The molecule has 6 rings (SSSR count). The average molecular weight is 532 g/mol. The zero-order chi connectivity index (χ0) is 26.2. The van der Waals surface area contributed by atoms with E-state index in [9.17, 15) is 9.59 Å². The monoisotopic (exact) mass is 531 g/mol. The Kier molecular flexibility index (Phi) is 6.76. The molecule has 196 valence electrons. The number of rotatable bonds is 5. The van der Waals surface area contributed by atoms with Gasteiger partial charge in [-0.25, -0.2) is 9.97 Å². The smallest absolute Gasteiger partial charge is 0.254 e. The van der Waals surface area contributed by atoms with E-state index in [2.05, 4.69) is 27.8 Å². The first-order chi connectivity index (χ1) is 18.5. The van der Waals surface area contributed by atoms with Crippen molar-refractivity contribution in [2.45, 2.75) is 57.3 Å². The van der Waals surface area contributed by atoms with Gasteiger partial charge in [0.2, 0.25) is 11.9 Å². The normalized spacial score (nSPS) is 21.1. The maximum atomic E-state index is 13.8. The minimum Gasteiger partial charge on any atom is -0.381 e. The van der Waals surface area contributed by atoms with Gasteiger partial charge in [-0.1, -0.05) is 48.0 Å². The number of aryl methyl sites for hydroxylation is 1. The molecule has 2 atom stereocenters. The van der Waals surface area contributed by atoms with Crippen LogP contribution in [0.2, 0.25) is 5.02 Å². The molecule has 8 nitrogen and oxygen atoms in total. The summed E-state index contributed by atoms with van der Waals surface area (Å²) in [5, 5.41) is 6.93. The number of hydrogen-bond acceptors (Lipinski definition) is 6. The number of hydrogen-bond donors (Lipinski definition) is 2. The molecule has 0 saturated carbocycles. The van der Waals surface area contributed by atoms with Crippen molar-refractivity contribution in [2.75, 3.05) is 18.5 Å². The molecule has 9 heteroatoms. The van der Waals surface area contributed by atoms with Gasteiger partial charge in [0.15, 0.2) is 0 Å². The Balaban J connectivity index is 1.27. The molecule has 0 radical (unpaired) electrons. The zero-order valence-corrected chi connectivity index (χ0v) is 22.0. The van der Waals surface area contributed by atoms with Gasteiger partial charge in [0.05, 0.1) is 29.0 Å². The van der Waals surface area contributed by atoms with Crippen LogP contribution in [0.3, 0.4) is 0 Å². The first kappa shape index (κ1) is 24.8. The highest BCUT2D eigenvalue weighted by Crippen LogP contribution is 2.38. The largest absolute Gasteiger partial charge is 0.381 e. The van der Waals surface area contributed by atoms with Gasteiger partial charge in [-0.3, -0.25) is 9.59 Å². The Labute approximate surface area is 226 Å². The van der Waals surface area contributed by atoms with Crippen LogP contribution < -0.4 is 10.6 Å². The molecule has 3 aliphatic rings. The second-order valence-corrected chi connectivity index (χ2v) is 10.6. The van der Waals surface area contributed by atoms with E-state index >= 15 is 0 Å². The molecule has 3 aromatic rings. The summed E-state index contributed by atoms with van der Waals surface area (Å²) in [5.41, 5.74) is 5.28. The van der Waals surface area contributed by atoms with E-state index in [0.717, 1.165) is 55.6 Å². The molecule has 38 heavy (non-hydrogen) atoms. The summed E-state index contributed by atoms with van der Waals surface area (Å²) in [6.07, 6.45) is 5.05. The number of nitrogens with zero attached hydrogens (tertiary/aromatic N) is 3. The summed E-state index contributed by atoms with van der Waals surface area (Å²) >= 11 is 6.52. The molecule has 2 amide bonds. The van der Waals surface area contributed by atoms with Crippen molar-refractivity contribution in [3.05, 3.63) is 75.9 Å². The van der Waals surface area contributed by atoms with Gasteiger partial charge in [0, 0.05) is 43.9 Å². The quantitative estimate of drug-likeness (QED) is 0.502. The van der Waals surface area contributed by atoms with Crippen LogP contribution in [0.1, 0.15) is 59.3 Å². The van der Waals surface area contributed by atoms with Crippen LogP contribution in [0.4, 0.5) is 5.95 Å². The molecule has 0 bridgehead atoms. The van der Waals surface area contributed by atoms with Gasteiger partial charge in [-0.2, -0.15) is 0 Å². The summed E-state index contributed by atoms with van der Waals surface area (Å²) in [5.74, 6) is 0.378.